The largest absolute Gasteiger partial charge is 0.367 e. The maximum Gasteiger partial charge on any atom is 0.148 e. The second-order valence-electron chi connectivity index (χ2n) is 3.73. The summed E-state index contributed by atoms with van der Waals surface area (Å²) in [6, 6.07) is 3.94. The van der Waals surface area contributed by atoms with Gasteiger partial charge in [0.15, 0.2) is 0 Å². The third-order valence-electron chi connectivity index (χ3n) is 2.75. The van der Waals surface area contributed by atoms with Gasteiger partial charge in [-0.25, -0.2) is 0 Å². The van der Waals surface area contributed by atoms with Crippen molar-refractivity contribution < 1.29 is 0 Å². The Morgan fingerprint density at radius 2 is 2.13 bits per heavy atom. The van der Waals surface area contributed by atoms with Gasteiger partial charge in [0.1, 0.15) is 5.82 Å². The highest BCUT2D eigenvalue weighted by atomic mass is 15.2. The minimum Gasteiger partial charge on any atom is -0.367 e. The Balaban J connectivity index is 2.36. The van der Waals surface area contributed by atoms with Gasteiger partial charge < -0.3 is 11.1 Å². The Labute approximate surface area is 91.3 Å². The van der Waals surface area contributed by atoms with Crippen molar-refractivity contribution in [2.45, 2.75) is 32.7 Å². The molecule has 0 aliphatic carbocycles. The van der Waals surface area contributed by atoms with Crippen LogP contribution in [0.1, 0.15) is 26.7 Å². The molecule has 15 heavy (non-hydrogen) atoms. The molecule has 0 saturated heterocycles. The molecular formula is C11H20N4. The van der Waals surface area contributed by atoms with Gasteiger partial charge in [0.2, 0.25) is 0 Å². The number of nitrogens with two attached hydrogens (primary N) is 1. The third kappa shape index (κ3) is 3.83. The molecule has 84 valence electrons. The Hall–Kier alpha value is -1.16. The molecule has 1 heterocycles. The number of hydrogen-bond donors (Lipinski definition) is 2. The fourth-order valence-electron chi connectivity index (χ4n) is 1.68. The van der Waals surface area contributed by atoms with E-state index in [4.69, 9.17) is 5.73 Å². The molecule has 0 spiro atoms. The van der Waals surface area contributed by atoms with Crippen molar-refractivity contribution in [1.29, 1.82) is 0 Å². The van der Waals surface area contributed by atoms with E-state index in [1.54, 1.807) is 6.20 Å². The van der Waals surface area contributed by atoms with Crippen LogP contribution >= 0.6 is 0 Å². The lowest BCUT2D eigenvalue weighted by molar-refractivity contribution is 0.407. The Bertz CT molecular complexity index is 259. The van der Waals surface area contributed by atoms with Gasteiger partial charge in [0.05, 0.1) is 0 Å². The summed E-state index contributed by atoms with van der Waals surface area (Å²) in [4.78, 5) is 0. The van der Waals surface area contributed by atoms with Crippen molar-refractivity contribution in [1.82, 2.24) is 10.2 Å². The summed E-state index contributed by atoms with van der Waals surface area (Å²) in [5.74, 6) is 1.37. The third-order valence-corrected chi connectivity index (χ3v) is 2.75. The van der Waals surface area contributed by atoms with Crippen LogP contribution < -0.4 is 11.1 Å². The van der Waals surface area contributed by atoms with Crippen molar-refractivity contribution in [3.63, 3.8) is 0 Å². The lowest BCUT2D eigenvalue weighted by Gasteiger charge is -2.21. The van der Waals surface area contributed by atoms with Crippen LogP contribution in [0.15, 0.2) is 18.3 Å². The second kappa shape index (κ2) is 6.35. The van der Waals surface area contributed by atoms with Crippen LogP contribution in [0, 0.1) is 5.92 Å². The maximum absolute atomic E-state index is 6.08. The first kappa shape index (κ1) is 11.9. The van der Waals surface area contributed by atoms with E-state index in [9.17, 15) is 0 Å². The van der Waals surface area contributed by atoms with Crippen LogP contribution in [0.2, 0.25) is 0 Å². The van der Waals surface area contributed by atoms with Gasteiger partial charge in [0.25, 0.3) is 0 Å². The van der Waals surface area contributed by atoms with Crippen molar-refractivity contribution in [3.05, 3.63) is 18.3 Å². The van der Waals surface area contributed by atoms with E-state index in [1.165, 1.54) is 0 Å². The molecule has 0 aromatic carbocycles. The predicted molar refractivity (Wildman–Crippen MR) is 62.6 cm³/mol. The van der Waals surface area contributed by atoms with Crippen LogP contribution in [0.3, 0.4) is 0 Å². The van der Waals surface area contributed by atoms with Crippen molar-refractivity contribution >= 4 is 5.82 Å². The molecule has 1 aromatic heterocycles. The van der Waals surface area contributed by atoms with Crippen LogP contribution in [-0.2, 0) is 0 Å². The second-order valence-corrected chi connectivity index (χ2v) is 3.73. The first-order chi connectivity index (χ1) is 7.27. The molecule has 1 aromatic rings. The minimum atomic E-state index is 0.182. The predicted octanol–water partition coefficient (Wildman–Crippen LogP) is 1.65. The van der Waals surface area contributed by atoms with Gasteiger partial charge in [-0.3, -0.25) is 0 Å². The zero-order valence-electron chi connectivity index (χ0n) is 9.48. The summed E-state index contributed by atoms with van der Waals surface area (Å²) in [6.45, 7) is 5.11. The summed E-state index contributed by atoms with van der Waals surface area (Å²) in [6.07, 6.45) is 3.91. The molecule has 0 aliphatic rings. The number of nitrogens with zero attached hydrogens (tertiary/aromatic N) is 2. The quantitative estimate of drug-likeness (QED) is 0.746. The lowest BCUT2D eigenvalue weighted by atomic mass is 9.95. The lowest BCUT2D eigenvalue weighted by Crippen LogP contribution is -2.36. The van der Waals surface area contributed by atoms with Crippen LogP contribution in [-0.4, -0.2) is 22.8 Å². The number of rotatable bonds is 6. The van der Waals surface area contributed by atoms with Gasteiger partial charge in [-0.15, -0.1) is 5.10 Å². The van der Waals surface area contributed by atoms with E-state index >= 15 is 0 Å². The summed E-state index contributed by atoms with van der Waals surface area (Å²) >= 11 is 0. The van der Waals surface area contributed by atoms with E-state index in [0.717, 1.165) is 25.2 Å². The molecule has 1 unspecified atom stereocenters. The summed E-state index contributed by atoms with van der Waals surface area (Å²) in [7, 11) is 0. The molecule has 4 nitrogen and oxygen atoms in total. The molecule has 0 radical (unpaired) electrons. The topological polar surface area (TPSA) is 63.8 Å². The highest BCUT2D eigenvalue weighted by molar-refractivity contribution is 5.31. The minimum absolute atomic E-state index is 0.182. The first-order valence-corrected chi connectivity index (χ1v) is 5.55. The average Bonchev–Trinajstić information content (AvgIpc) is 2.29. The van der Waals surface area contributed by atoms with Gasteiger partial charge in [0, 0.05) is 18.8 Å². The smallest absolute Gasteiger partial charge is 0.148 e. The van der Waals surface area contributed by atoms with Gasteiger partial charge in [-0.2, -0.15) is 5.10 Å². The Kier molecular flexibility index (Phi) is 5.04. The van der Waals surface area contributed by atoms with E-state index in [-0.39, 0.29) is 6.04 Å². The highest BCUT2D eigenvalue weighted by Crippen LogP contribution is 2.11. The molecular weight excluding hydrogens is 188 g/mol. The monoisotopic (exact) mass is 208 g/mol. The van der Waals surface area contributed by atoms with Crippen molar-refractivity contribution in [2.24, 2.45) is 11.7 Å². The molecule has 3 N–H and O–H groups in total. The summed E-state index contributed by atoms with van der Waals surface area (Å²) < 4.78 is 0. The normalized spacial score (nSPS) is 12.8. The van der Waals surface area contributed by atoms with Crippen LogP contribution in [0.25, 0.3) is 0 Å². The van der Waals surface area contributed by atoms with Crippen LogP contribution in [0.4, 0.5) is 5.82 Å². The fraction of sp³-hybridized carbons (Fsp3) is 0.636. The van der Waals surface area contributed by atoms with E-state index in [0.29, 0.717) is 5.92 Å². The number of anilines is 1. The molecule has 0 saturated carbocycles. The standard InChI is InChI=1S/C11H20N4/c1-3-9(4-2)10(12)8-13-11-6-5-7-14-15-11/h5-7,9-10H,3-4,8,12H2,1-2H3,(H,13,15). The summed E-state index contributed by atoms with van der Waals surface area (Å²) in [5, 5.41) is 10.9. The molecule has 1 rings (SSSR count). The molecule has 0 amide bonds. The van der Waals surface area contributed by atoms with Gasteiger partial charge in [-0.1, -0.05) is 26.7 Å². The SMILES string of the molecule is CCC(CC)C(N)CNc1cccnn1. The number of hydrogen-bond acceptors (Lipinski definition) is 4. The van der Waals surface area contributed by atoms with Gasteiger partial charge in [-0.05, 0) is 18.1 Å². The average molecular weight is 208 g/mol. The summed E-state index contributed by atoms with van der Waals surface area (Å²) in [5.41, 5.74) is 6.08. The Morgan fingerprint density at radius 3 is 2.67 bits per heavy atom. The fourth-order valence-corrected chi connectivity index (χ4v) is 1.68. The van der Waals surface area contributed by atoms with Crippen LogP contribution in [0.5, 0.6) is 0 Å². The van der Waals surface area contributed by atoms with Crippen molar-refractivity contribution in [3.8, 4) is 0 Å². The van der Waals surface area contributed by atoms with Crippen molar-refractivity contribution in [2.75, 3.05) is 11.9 Å². The number of nitrogens with one attached hydrogen (secondary N) is 1. The Morgan fingerprint density at radius 1 is 1.40 bits per heavy atom. The molecule has 0 aliphatic heterocycles. The molecule has 0 fully saturated rings. The zero-order chi connectivity index (χ0) is 11.1. The highest BCUT2D eigenvalue weighted by Gasteiger charge is 2.13. The zero-order valence-corrected chi connectivity index (χ0v) is 9.48. The van der Waals surface area contributed by atoms with E-state index in [1.807, 2.05) is 12.1 Å². The first-order valence-electron chi connectivity index (χ1n) is 5.55. The maximum atomic E-state index is 6.08. The molecule has 4 heteroatoms. The number of aromatic nitrogens is 2. The van der Waals surface area contributed by atoms with Gasteiger partial charge >= 0.3 is 0 Å². The molecule has 1 atom stereocenters. The molecule has 0 bridgehead atoms. The van der Waals surface area contributed by atoms with E-state index in [2.05, 4.69) is 29.4 Å². The van der Waals surface area contributed by atoms with E-state index < -0.39 is 0 Å².